The van der Waals surface area contributed by atoms with Crippen molar-refractivity contribution in [2.75, 3.05) is 0 Å². The van der Waals surface area contributed by atoms with Gasteiger partial charge in [0.15, 0.2) is 5.76 Å². The van der Waals surface area contributed by atoms with Gasteiger partial charge in [0.05, 0.1) is 0 Å². The Morgan fingerprint density at radius 1 is 1.50 bits per heavy atom. The van der Waals surface area contributed by atoms with E-state index in [0.29, 0.717) is 12.2 Å². The molecule has 0 saturated heterocycles. The van der Waals surface area contributed by atoms with Crippen LogP contribution in [0.25, 0.3) is 0 Å². The summed E-state index contributed by atoms with van der Waals surface area (Å²) < 4.78 is 6.44. The van der Waals surface area contributed by atoms with Crippen LogP contribution < -0.4 is 0 Å². The van der Waals surface area contributed by atoms with Crippen LogP contribution >= 0.6 is 27.3 Å². The minimum atomic E-state index is 0.0362. The fourth-order valence-electron chi connectivity index (χ4n) is 1.41. The molecule has 0 N–H and O–H groups in total. The summed E-state index contributed by atoms with van der Waals surface area (Å²) in [7, 11) is 0. The molecule has 84 valence electrons. The van der Waals surface area contributed by atoms with Gasteiger partial charge in [0.25, 0.3) is 0 Å². The number of carbonyl (C=O) groups excluding carboxylic acids is 1. The van der Waals surface area contributed by atoms with E-state index >= 15 is 0 Å². The molecule has 4 heteroatoms. The molecular weight excluding hydrogens is 288 g/mol. The summed E-state index contributed by atoms with van der Waals surface area (Å²) in [6, 6.07) is 5.58. The highest BCUT2D eigenvalue weighted by Gasteiger charge is 2.12. The van der Waals surface area contributed by atoms with Crippen LogP contribution in [0, 0.1) is 0 Å². The Labute approximate surface area is 106 Å². The average molecular weight is 299 g/mol. The second kappa shape index (κ2) is 4.97. The molecule has 0 atom stereocenters. The fraction of sp³-hybridized carbons (Fsp3) is 0.250. The van der Waals surface area contributed by atoms with Crippen LogP contribution in [0.2, 0.25) is 0 Å². The molecule has 2 aromatic rings. The Balaban J connectivity index is 2.08. The molecule has 0 saturated carbocycles. The number of thiophene rings is 1. The zero-order valence-electron chi connectivity index (χ0n) is 8.83. The Morgan fingerprint density at radius 3 is 2.88 bits per heavy atom. The number of carbonyl (C=O) groups is 1. The summed E-state index contributed by atoms with van der Waals surface area (Å²) in [6.07, 6.45) is 1.23. The number of ketones is 1. The van der Waals surface area contributed by atoms with Gasteiger partial charge >= 0.3 is 0 Å². The standard InChI is InChI=1S/C12H11BrO2S/c1-2-9-3-4-12(15-9)11(14)6-10-5-8(13)7-16-10/h3-5,7H,2,6H2,1H3. The van der Waals surface area contributed by atoms with Gasteiger partial charge in [0.2, 0.25) is 5.78 Å². The summed E-state index contributed by atoms with van der Waals surface area (Å²) in [6.45, 7) is 2.00. The Bertz CT molecular complexity index is 499. The normalized spacial score (nSPS) is 10.6. The van der Waals surface area contributed by atoms with E-state index in [4.69, 9.17) is 4.42 Å². The highest BCUT2D eigenvalue weighted by molar-refractivity contribution is 9.10. The first kappa shape index (κ1) is 11.6. The predicted octanol–water partition coefficient (Wildman–Crippen LogP) is 4.09. The fourth-order valence-corrected chi connectivity index (χ4v) is 2.86. The van der Waals surface area contributed by atoms with Gasteiger partial charge in [-0.1, -0.05) is 6.92 Å². The monoisotopic (exact) mass is 298 g/mol. The molecule has 0 unspecified atom stereocenters. The Morgan fingerprint density at radius 2 is 2.31 bits per heavy atom. The minimum Gasteiger partial charge on any atom is -0.458 e. The molecule has 0 aliphatic heterocycles. The van der Waals surface area contributed by atoms with Crippen LogP contribution in [-0.2, 0) is 12.8 Å². The van der Waals surface area contributed by atoms with Crippen LogP contribution in [0.3, 0.4) is 0 Å². The Hall–Kier alpha value is -0.870. The van der Waals surface area contributed by atoms with Gasteiger partial charge in [0, 0.05) is 27.6 Å². The van der Waals surface area contributed by atoms with Crippen molar-refractivity contribution in [2.45, 2.75) is 19.8 Å². The number of hydrogen-bond donors (Lipinski definition) is 0. The summed E-state index contributed by atoms with van der Waals surface area (Å²) in [5, 5.41) is 1.97. The number of aryl methyl sites for hydroxylation is 1. The second-order valence-corrected chi connectivity index (χ2v) is 5.36. The van der Waals surface area contributed by atoms with E-state index < -0.39 is 0 Å². The van der Waals surface area contributed by atoms with E-state index in [2.05, 4.69) is 15.9 Å². The van der Waals surface area contributed by atoms with Crippen molar-refractivity contribution in [3.8, 4) is 0 Å². The third-order valence-electron chi connectivity index (χ3n) is 2.24. The van der Waals surface area contributed by atoms with Crippen LogP contribution in [0.15, 0.2) is 32.5 Å². The lowest BCUT2D eigenvalue weighted by molar-refractivity contribution is 0.0965. The van der Waals surface area contributed by atoms with Gasteiger partial charge in [-0.25, -0.2) is 0 Å². The Kier molecular flexibility index (Phi) is 3.61. The van der Waals surface area contributed by atoms with Crippen molar-refractivity contribution in [2.24, 2.45) is 0 Å². The number of furan rings is 1. The largest absolute Gasteiger partial charge is 0.458 e. The summed E-state index contributed by atoms with van der Waals surface area (Å²) >= 11 is 4.95. The maximum atomic E-state index is 11.9. The quantitative estimate of drug-likeness (QED) is 0.796. The molecular formula is C12H11BrO2S. The molecule has 2 nitrogen and oxygen atoms in total. The molecule has 0 amide bonds. The van der Waals surface area contributed by atoms with Gasteiger partial charge < -0.3 is 4.42 Å². The van der Waals surface area contributed by atoms with Crippen LogP contribution in [0.1, 0.15) is 28.1 Å². The van der Waals surface area contributed by atoms with Gasteiger partial charge in [-0.3, -0.25) is 4.79 Å². The van der Waals surface area contributed by atoms with E-state index in [1.807, 2.05) is 24.4 Å². The van der Waals surface area contributed by atoms with Crippen molar-refractivity contribution in [1.82, 2.24) is 0 Å². The van der Waals surface area contributed by atoms with Crippen molar-refractivity contribution in [3.63, 3.8) is 0 Å². The number of hydrogen-bond acceptors (Lipinski definition) is 3. The van der Waals surface area contributed by atoms with Gasteiger partial charge in [0.1, 0.15) is 5.76 Å². The van der Waals surface area contributed by atoms with Crippen molar-refractivity contribution < 1.29 is 9.21 Å². The lowest BCUT2D eigenvalue weighted by Gasteiger charge is -1.94. The zero-order chi connectivity index (χ0) is 11.5. The maximum Gasteiger partial charge on any atom is 0.203 e. The van der Waals surface area contributed by atoms with Gasteiger partial charge in [-0.2, -0.15) is 0 Å². The molecule has 0 aliphatic carbocycles. The first-order valence-electron chi connectivity index (χ1n) is 5.04. The molecule has 2 aromatic heterocycles. The first-order chi connectivity index (χ1) is 7.69. The summed E-state index contributed by atoms with van der Waals surface area (Å²) in [5.74, 6) is 1.35. The number of Topliss-reactive ketones (excluding diaryl/α,β-unsaturated/α-hetero) is 1. The summed E-state index contributed by atoms with van der Waals surface area (Å²) in [5.41, 5.74) is 0. The molecule has 0 radical (unpaired) electrons. The van der Waals surface area contributed by atoms with E-state index in [9.17, 15) is 4.79 Å². The zero-order valence-corrected chi connectivity index (χ0v) is 11.2. The predicted molar refractivity (Wildman–Crippen MR) is 68.1 cm³/mol. The highest BCUT2D eigenvalue weighted by Crippen LogP contribution is 2.21. The van der Waals surface area contributed by atoms with E-state index in [0.717, 1.165) is 21.5 Å². The molecule has 0 aromatic carbocycles. The highest BCUT2D eigenvalue weighted by atomic mass is 79.9. The third kappa shape index (κ3) is 2.62. The maximum absolute atomic E-state index is 11.9. The molecule has 0 aliphatic rings. The third-order valence-corrected chi connectivity index (χ3v) is 3.94. The summed E-state index contributed by atoms with van der Waals surface area (Å²) in [4.78, 5) is 12.9. The molecule has 0 fully saturated rings. The van der Waals surface area contributed by atoms with Crippen LogP contribution in [-0.4, -0.2) is 5.78 Å². The topological polar surface area (TPSA) is 30.2 Å². The lowest BCUT2D eigenvalue weighted by Crippen LogP contribution is -2.00. The lowest BCUT2D eigenvalue weighted by atomic mass is 10.2. The molecule has 16 heavy (non-hydrogen) atoms. The van der Waals surface area contributed by atoms with E-state index in [1.165, 1.54) is 0 Å². The SMILES string of the molecule is CCc1ccc(C(=O)Cc2cc(Br)cs2)o1. The van der Waals surface area contributed by atoms with Crippen molar-refractivity contribution in [3.05, 3.63) is 44.4 Å². The second-order valence-electron chi connectivity index (χ2n) is 3.45. The van der Waals surface area contributed by atoms with Crippen molar-refractivity contribution >= 4 is 33.0 Å². The van der Waals surface area contributed by atoms with E-state index in [-0.39, 0.29) is 5.78 Å². The number of halogens is 1. The molecule has 0 bridgehead atoms. The minimum absolute atomic E-state index is 0.0362. The average Bonchev–Trinajstić information content (AvgIpc) is 2.87. The van der Waals surface area contributed by atoms with Crippen LogP contribution in [0.4, 0.5) is 0 Å². The van der Waals surface area contributed by atoms with E-state index in [1.54, 1.807) is 17.4 Å². The smallest absolute Gasteiger partial charge is 0.203 e. The van der Waals surface area contributed by atoms with Crippen LogP contribution in [0.5, 0.6) is 0 Å². The van der Waals surface area contributed by atoms with Gasteiger partial charge in [-0.15, -0.1) is 11.3 Å². The first-order valence-corrected chi connectivity index (χ1v) is 6.71. The molecule has 2 heterocycles. The van der Waals surface area contributed by atoms with Crippen molar-refractivity contribution in [1.29, 1.82) is 0 Å². The molecule has 2 rings (SSSR count). The number of rotatable bonds is 4. The van der Waals surface area contributed by atoms with Gasteiger partial charge in [-0.05, 0) is 34.1 Å². The molecule has 0 spiro atoms.